The van der Waals surface area contributed by atoms with Gasteiger partial charge in [-0.15, -0.1) is 0 Å². The highest BCUT2D eigenvalue weighted by Crippen LogP contribution is 2.20. The second-order valence-electron chi connectivity index (χ2n) is 3.80. The Hall–Kier alpha value is -0.760. The lowest BCUT2D eigenvalue weighted by atomic mass is 10.1. The van der Waals surface area contributed by atoms with E-state index < -0.39 is 0 Å². The molecular weight excluding hydrogens is 148 g/mol. The van der Waals surface area contributed by atoms with Gasteiger partial charge in [0.05, 0.1) is 0 Å². The first kappa shape index (κ1) is 7.87. The highest BCUT2D eigenvalue weighted by Gasteiger charge is 2.16. The molecule has 0 fully saturated rings. The van der Waals surface area contributed by atoms with E-state index in [1.165, 1.54) is 29.9 Å². The van der Waals surface area contributed by atoms with Gasteiger partial charge in [0, 0.05) is 37.9 Å². The zero-order chi connectivity index (χ0) is 8.72. The monoisotopic (exact) mass is 164 g/mol. The summed E-state index contributed by atoms with van der Waals surface area (Å²) in [6.45, 7) is 4.50. The lowest BCUT2D eigenvalue weighted by molar-refractivity contribution is 0.309. The summed E-state index contributed by atoms with van der Waals surface area (Å²) in [4.78, 5) is 2.38. The molecule has 66 valence electrons. The van der Waals surface area contributed by atoms with Crippen molar-refractivity contribution in [2.75, 3.05) is 13.6 Å². The fourth-order valence-electron chi connectivity index (χ4n) is 1.99. The van der Waals surface area contributed by atoms with Crippen molar-refractivity contribution in [1.29, 1.82) is 0 Å². The van der Waals surface area contributed by atoms with Crippen LogP contribution in [-0.4, -0.2) is 23.1 Å². The standard InChI is InChI=1S/C10H16N2/c1-8-6-9-7-11(2)5-4-10(9)12(8)3/h6H,4-5,7H2,1-3H3. The maximum atomic E-state index is 2.38. The summed E-state index contributed by atoms with van der Waals surface area (Å²) in [7, 11) is 4.35. The Morgan fingerprint density at radius 3 is 2.83 bits per heavy atom. The summed E-state index contributed by atoms with van der Waals surface area (Å²) in [5.74, 6) is 0. The van der Waals surface area contributed by atoms with E-state index in [9.17, 15) is 0 Å². The van der Waals surface area contributed by atoms with Crippen LogP contribution >= 0.6 is 0 Å². The number of aryl methyl sites for hydroxylation is 1. The maximum Gasteiger partial charge on any atom is 0.0248 e. The molecule has 0 atom stereocenters. The smallest absolute Gasteiger partial charge is 0.0248 e. The molecule has 0 amide bonds. The van der Waals surface area contributed by atoms with Gasteiger partial charge < -0.3 is 9.47 Å². The number of rotatable bonds is 0. The lowest BCUT2D eigenvalue weighted by Gasteiger charge is -2.23. The number of hydrogen-bond acceptors (Lipinski definition) is 1. The van der Waals surface area contributed by atoms with Gasteiger partial charge in [0.2, 0.25) is 0 Å². The first-order chi connectivity index (χ1) is 5.68. The average molecular weight is 164 g/mol. The molecule has 2 rings (SSSR count). The second-order valence-corrected chi connectivity index (χ2v) is 3.80. The molecule has 1 aromatic heterocycles. The molecule has 0 spiro atoms. The van der Waals surface area contributed by atoms with E-state index in [1.807, 2.05) is 0 Å². The maximum absolute atomic E-state index is 2.38. The Balaban J connectivity index is 2.43. The summed E-state index contributed by atoms with van der Waals surface area (Å²) in [5.41, 5.74) is 4.43. The molecule has 0 bridgehead atoms. The van der Waals surface area contributed by atoms with Crippen LogP contribution in [0.3, 0.4) is 0 Å². The van der Waals surface area contributed by atoms with Gasteiger partial charge in [-0.3, -0.25) is 0 Å². The topological polar surface area (TPSA) is 8.17 Å². The summed E-state index contributed by atoms with van der Waals surface area (Å²) in [6.07, 6.45) is 1.20. The minimum atomic E-state index is 1.12. The molecule has 12 heavy (non-hydrogen) atoms. The van der Waals surface area contributed by atoms with Gasteiger partial charge in [-0.2, -0.15) is 0 Å². The highest BCUT2D eigenvalue weighted by atomic mass is 15.1. The van der Waals surface area contributed by atoms with E-state index in [2.05, 4.69) is 36.6 Å². The van der Waals surface area contributed by atoms with Crippen molar-refractivity contribution in [1.82, 2.24) is 9.47 Å². The summed E-state index contributed by atoms with van der Waals surface area (Å²) in [6, 6.07) is 2.31. The van der Waals surface area contributed by atoms with Crippen molar-refractivity contribution in [2.45, 2.75) is 19.9 Å². The van der Waals surface area contributed by atoms with Crippen LogP contribution in [-0.2, 0) is 20.0 Å². The van der Waals surface area contributed by atoms with E-state index in [0.29, 0.717) is 0 Å². The van der Waals surface area contributed by atoms with Crippen molar-refractivity contribution >= 4 is 0 Å². The van der Waals surface area contributed by atoms with Crippen LogP contribution in [0.2, 0.25) is 0 Å². The van der Waals surface area contributed by atoms with Crippen LogP contribution in [0.4, 0.5) is 0 Å². The first-order valence-electron chi connectivity index (χ1n) is 4.51. The van der Waals surface area contributed by atoms with Gasteiger partial charge in [0.25, 0.3) is 0 Å². The molecule has 1 aliphatic rings. The van der Waals surface area contributed by atoms with Crippen LogP contribution in [0, 0.1) is 6.92 Å². The molecule has 0 aromatic carbocycles. The molecule has 0 unspecified atom stereocenters. The summed E-state index contributed by atoms with van der Waals surface area (Å²) >= 11 is 0. The normalized spacial score (nSPS) is 17.9. The van der Waals surface area contributed by atoms with E-state index in [-0.39, 0.29) is 0 Å². The Kier molecular flexibility index (Phi) is 1.72. The van der Waals surface area contributed by atoms with Gasteiger partial charge in [0.1, 0.15) is 0 Å². The van der Waals surface area contributed by atoms with Crippen LogP contribution < -0.4 is 0 Å². The number of nitrogens with zero attached hydrogens (tertiary/aromatic N) is 2. The van der Waals surface area contributed by atoms with Crippen molar-refractivity contribution in [3.63, 3.8) is 0 Å². The van der Waals surface area contributed by atoms with E-state index in [1.54, 1.807) is 0 Å². The minimum Gasteiger partial charge on any atom is -0.352 e. The number of likely N-dealkylation sites (N-methyl/N-ethyl adjacent to an activating group) is 1. The predicted molar refractivity (Wildman–Crippen MR) is 50.2 cm³/mol. The molecular formula is C10H16N2. The molecule has 0 N–H and O–H groups in total. The second kappa shape index (κ2) is 2.63. The molecule has 0 radical (unpaired) electrons. The molecule has 2 heteroatoms. The fraction of sp³-hybridized carbons (Fsp3) is 0.600. The quantitative estimate of drug-likeness (QED) is 0.561. The van der Waals surface area contributed by atoms with Crippen LogP contribution in [0.25, 0.3) is 0 Å². The third kappa shape index (κ3) is 1.07. The zero-order valence-corrected chi connectivity index (χ0v) is 8.09. The molecule has 2 nitrogen and oxygen atoms in total. The van der Waals surface area contributed by atoms with Crippen molar-refractivity contribution < 1.29 is 0 Å². The lowest BCUT2D eigenvalue weighted by Crippen LogP contribution is -2.26. The van der Waals surface area contributed by atoms with Crippen LogP contribution in [0.1, 0.15) is 17.0 Å². The van der Waals surface area contributed by atoms with Crippen molar-refractivity contribution in [2.24, 2.45) is 7.05 Å². The van der Waals surface area contributed by atoms with Crippen LogP contribution in [0.15, 0.2) is 6.07 Å². The summed E-state index contributed by atoms with van der Waals surface area (Å²) < 4.78 is 2.32. The Labute approximate surface area is 73.8 Å². The largest absolute Gasteiger partial charge is 0.352 e. The predicted octanol–water partition coefficient (Wildman–Crippen LogP) is 1.32. The van der Waals surface area contributed by atoms with E-state index in [0.717, 1.165) is 6.54 Å². The van der Waals surface area contributed by atoms with Crippen molar-refractivity contribution in [3.05, 3.63) is 23.0 Å². The molecule has 0 aliphatic carbocycles. The molecule has 1 aliphatic heterocycles. The number of fused-ring (bicyclic) bond motifs is 1. The Morgan fingerprint density at radius 2 is 2.08 bits per heavy atom. The van der Waals surface area contributed by atoms with E-state index >= 15 is 0 Å². The zero-order valence-electron chi connectivity index (χ0n) is 8.09. The molecule has 2 heterocycles. The fourth-order valence-corrected chi connectivity index (χ4v) is 1.99. The Morgan fingerprint density at radius 1 is 1.33 bits per heavy atom. The Bertz CT molecular complexity index is 299. The average Bonchev–Trinajstić information content (AvgIpc) is 2.28. The van der Waals surface area contributed by atoms with Gasteiger partial charge in [-0.25, -0.2) is 0 Å². The van der Waals surface area contributed by atoms with Gasteiger partial charge in [-0.1, -0.05) is 0 Å². The van der Waals surface area contributed by atoms with E-state index in [4.69, 9.17) is 0 Å². The van der Waals surface area contributed by atoms with Gasteiger partial charge in [0.15, 0.2) is 0 Å². The van der Waals surface area contributed by atoms with Crippen molar-refractivity contribution in [3.8, 4) is 0 Å². The number of aromatic nitrogens is 1. The third-order valence-electron chi connectivity index (χ3n) is 2.86. The summed E-state index contributed by atoms with van der Waals surface area (Å²) in [5, 5.41) is 0. The minimum absolute atomic E-state index is 1.12. The highest BCUT2D eigenvalue weighted by molar-refractivity contribution is 5.29. The number of hydrogen-bond donors (Lipinski definition) is 0. The van der Waals surface area contributed by atoms with Crippen LogP contribution in [0.5, 0.6) is 0 Å². The van der Waals surface area contributed by atoms with Gasteiger partial charge >= 0.3 is 0 Å². The SMILES string of the molecule is Cc1cc2c(n1C)CCN(C)C2. The molecule has 0 saturated carbocycles. The van der Waals surface area contributed by atoms with Gasteiger partial charge in [-0.05, 0) is 25.6 Å². The molecule has 0 saturated heterocycles. The first-order valence-corrected chi connectivity index (χ1v) is 4.51. The third-order valence-corrected chi connectivity index (χ3v) is 2.86. The molecule has 1 aromatic rings.